The minimum Gasteiger partial charge on any atom is -0.478 e. The van der Waals surface area contributed by atoms with Crippen LogP contribution in [0.5, 0.6) is 0 Å². The van der Waals surface area contributed by atoms with Crippen LogP contribution in [0.15, 0.2) is 85.1 Å². The molecule has 1 amide bonds. The Morgan fingerprint density at radius 1 is 0.914 bits per heavy atom. The number of nitrogens with zero attached hydrogens (tertiary/aromatic N) is 1. The number of carbonyl (C=O) groups is 2. The van der Waals surface area contributed by atoms with E-state index in [1.54, 1.807) is 43.5 Å². The van der Waals surface area contributed by atoms with Crippen LogP contribution in [0.4, 0.5) is 10.1 Å². The van der Waals surface area contributed by atoms with Gasteiger partial charge in [0.25, 0.3) is 5.91 Å². The van der Waals surface area contributed by atoms with Crippen LogP contribution < -0.4 is 5.32 Å². The number of benzene rings is 3. The number of anilines is 1. The van der Waals surface area contributed by atoms with Gasteiger partial charge in [0, 0.05) is 17.3 Å². The fraction of sp³-hybridized carbons (Fsp3) is 0.107. The summed E-state index contributed by atoms with van der Waals surface area (Å²) in [7, 11) is 0. The maximum Gasteiger partial charge on any atom is 0.337 e. The van der Waals surface area contributed by atoms with Gasteiger partial charge in [-0.15, -0.1) is 0 Å². The van der Waals surface area contributed by atoms with Crippen LogP contribution in [0.25, 0.3) is 11.1 Å². The van der Waals surface area contributed by atoms with E-state index >= 15 is 0 Å². The maximum absolute atomic E-state index is 14.6. The molecule has 35 heavy (non-hydrogen) atoms. The van der Waals surface area contributed by atoms with E-state index in [-0.39, 0.29) is 17.9 Å². The first-order chi connectivity index (χ1) is 16.9. The third kappa shape index (κ3) is 5.96. The summed E-state index contributed by atoms with van der Waals surface area (Å²) in [6, 6.07) is 22.4. The molecule has 0 spiro atoms. The van der Waals surface area contributed by atoms with Gasteiger partial charge >= 0.3 is 5.97 Å². The summed E-state index contributed by atoms with van der Waals surface area (Å²) in [6.07, 6.45) is 1.55. The van der Waals surface area contributed by atoms with Crippen molar-refractivity contribution in [2.75, 3.05) is 5.32 Å². The van der Waals surface area contributed by atoms with Gasteiger partial charge in [-0.2, -0.15) is 0 Å². The number of rotatable bonds is 8. The van der Waals surface area contributed by atoms with Crippen molar-refractivity contribution in [2.24, 2.45) is 0 Å². The van der Waals surface area contributed by atoms with Crippen molar-refractivity contribution in [2.45, 2.75) is 20.1 Å². The second-order valence-corrected chi connectivity index (χ2v) is 7.99. The van der Waals surface area contributed by atoms with E-state index in [9.17, 15) is 19.1 Å². The first-order valence-electron chi connectivity index (χ1n) is 10.9. The molecule has 0 unspecified atom stereocenters. The van der Waals surface area contributed by atoms with E-state index in [1.807, 2.05) is 30.3 Å². The molecule has 0 aliphatic carbocycles. The van der Waals surface area contributed by atoms with Gasteiger partial charge < -0.3 is 15.2 Å². The highest BCUT2D eigenvalue weighted by molar-refractivity contribution is 6.05. The van der Waals surface area contributed by atoms with Crippen LogP contribution in [0, 0.1) is 12.7 Å². The molecule has 3 aromatic carbocycles. The molecule has 2 N–H and O–H groups in total. The van der Waals surface area contributed by atoms with Crippen molar-refractivity contribution >= 4 is 17.6 Å². The summed E-state index contributed by atoms with van der Waals surface area (Å²) < 4.78 is 20.3. The Kier molecular flexibility index (Phi) is 7.28. The van der Waals surface area contributed by atoms with Crippen molar-refractivity contribution < 1.29 is 23.8 Å². The Hall–Kier alpha value is -4.36. The van der Waals surface area contributed by atoms with E-state index in [0.29, 0.717) is 34.6 Å². The van der Waals surface area contributed by atoms with Gasteiger partial charge in [-0.25, -0.2) is 9.18 Å². The summed E-state index contributed by atoms with van der Waals surface area (Å²) in [5.74, 6) is -2.13. The second-order valence-electron chi connectivity index (χ2n) is 7.99. The highest BCUT2D eigenvalue weighted by atomic mass is 19.1. The number of carboxylic acids is 1. The molecule has 4 aromatic rings. The molecule has 0 aliphatic heterocycles. The quantitative estimate of drug-likeness (QED) is 0.337. The normalized spacial score (nSPS) is 10.7. The lowest BCUT2D eigenvalue weighted by Gasteiger charge is -2.10. The molecule has 7 heteroatoms. The molecule has 6 nitrogen and oxygen atoms in total. The van der Waals surface area contributed by atoms with Crippen LogP contribution in [-0.2, 0) is 18.0 Å². The first-order valence-corrected chi connectivity index (χ1v) is 10.9. The van der Waals surface area contributed by atoms with Gasteiger partial charge in [0.1, 0.15) is 5.82 Å². The van der Waals surface area contributed by atoms with Crippen LogP contribution in [0.3, 0.4) is 0 Å². The Bertz CT molecular complexity index is 1370. The van der Waals surface area contributed by atoms with Crippen LogP contribution in [-0.4, -0.2) is 22.0 Å². The monoisotopic (exact) mass is 470 g/mol. The molecule has 4 rings (SSSR count). The maximum atomic E-state index is 14.6. The van der Waals surface area contributed by atoms with Crippen molar-refractivity contribution in [3.8, 4) is 11.1 Å². The molecule has 0 radical (unpaired) electrons. The predicted octanol–water partition coefficient (Wildman–Crippen LogP) is 5.86. The molecular weight excluding hydrogens is 447 g/mol. The summed E-state index contributed by atoms with van der Waals surface area (Å²) in [5.41, 5.74) is 3.71. The van der Waals surface area contributed by atoms with Crippen molar-refractivity contribution in [3.63, 3.8) is 0 Å². The van der Waals surface area contributed by atoms with Crippen molar-refractivity contribution in [3.05, 3.63) is 119 Å². The summed E-state index contributed by atoms with van der Waals surface area (Å²) in [6.45, 7) is 2.28. The molecule has 0 fully saturated rings. The molecular formula is C28H23FN2O4. The highest BCUT2D eigenvalue weighted by Crippen LogP contribution is 2.23. The van der Waals surface area contributed by atoms with Gasteiger partial charge in [-0.05, 0) is 53.9 Å². The Morgan fingerprint density at radius 2 is 1.69 bits per heavy atom. The first kappa shape index (κ1) is 23.8. The van der Waals surface area contributed by atoms with Crippen LogP contribution >= 0.6 is 0 Å². The summed E-state index contributed by atoms with van der Waals surface area (Å²) >= 11 is 0. The number of nitrogens with one attached hydrogen (secondary N) is 1. The number of aryl methyl sites for hydroxylation is 1. The third-order valence-corrected chi connectivity index (χ3v) is 5.44. The van der Waals surface area contributed by atoms with Crippen molar-refractivity contribution in [1.29, 1.82) is 0 Å². The molecule has 0 atom stereocenters. The summed E-state index contributed by atoms with van der Waals surface area (Å²) in [4.78, 5) is 28.3. The number of carboxylic acid groups (broad SMARTS) is 1. The van der Waals surface area contributed by atoms with Gasteiger partial charge in [0.15, 0.2) is 0 Å². The lowest BCUT2D eigenvalue weighted by atomic mass is 10.0. The number of aromatic nitrogens is 1. The minimum atomic E-state index is -1.07. The SMILES string of the molecule is Cc1ncc(-c2cccc(C(=O)Nc3ccc(COCc4ccccc4)cc3F)c2)cc1C(=O)O. The number of amides is 1. The number of pyridine rings is 1. The number of ether oxygens (including phenoxy) is 1. The molecule has 0 aliphatic rings. The van der Waals surface area contributed by atoms with E-state index < -0.39 is 17.7 Å². The number of aromatic carboxylic acids is 1. The largest absolute Gasteiger partial charge is 0.478 e. The van der Waals surface area contributed by atoms with Gasteiger partial charge in [0.05, 0.1) is 30.2 Å². The number of carbonyl (C=O) groups excluding carboxylic acids is 1. The van der Waals surface area contributed by atoms with Crippen LogP contribution in [0.2, 0.25) is 0 Å². The molecule has 0 saturated carbocycles. The average Bonchev–Trinajstić information content (AvgIpc) is 2.86. The average molecular weight is 471 g/mol. The van der Waals surface area contributed by atoms with Gasteiger partial charge in [0.2, 0.25) is 0 Å². The molecule has 176 valence electrons. The fourth-order valence-electron chi connectivity index (χ4n) is 3.55. The number of hydrogen-bond acceptors (Lipinski definition) is 4. The fourth-order valence-corrected chi connectivity index (χ4v) is 3.55. The summed E-state index contributed by atoms with van der Waals surface area (Å²) in [5, 5.41) is 11.9. The van der Waals surface area contributed by atoms with E-state index in [0.717, 1.165) is 5.56 Å². The van der Waals surface area contributed by atoms with Crippen LogP contribution in [0.1, 0.15) is 37.5 Å². The minimum absolute atomic E-state index is 0.0531. The second kappa shape index (κ2) is 10.7. The predicted molar refractivity (Wildman–Crippen MR) is 131 cm³/mol. The van der Waals surface area contributed by atoms with E-state index in [2.05, 4.69) is 10.3 Å². The number of hydrogen-bond donors (Lipinski definition) is 2. The Labute approximate surface area is 202 Å². The van der Waals surface area contributed by atoms with E-state index in [4.69, 9.17) is 4.74 Å². The lowest BCUT2D eigenvalue weighted by Crippen LogP contribution is -2.13. The van der Waals surface area contributed by atoms with Crippen molar-refractivity contribution in [1.82, 2.24) is 4.98 Å². The zero-order chi connectivity index (χ0) is 24.8. The van der Waals surface area contributed by atoms with E-state index in [1.165, 1.54) is 18.2 Å². The van der Waals surface area contributed by atoms with Gasteiger partial charge in [-0.1, -0.05) is 48.5 Å². The molecule has 0 saturated heterocycles. The zero-order valence-electron chi connectivity index (χ0n) is 19.0. The third-order valence-electron chi connectivity index (χ3n) is 5.44. The Morgan fingerprint density at radius 3 is 2.43 bits per heavy atom. The standard InChI is InChI=1S/C28H23FN2O4/c1-18-24(28(33)34)14-23(15-30-18)21-8-5-9-22(13-21)27(32)31-26-11-10-20(12-25(26)29)17-35-16-19-6-3-2-4-7-19/h2-15H,16-17H2,1H3,(H,31,32)(H,33,34). The zero-order valence-corrected chi connectivity index (χ0v) is 19.0. The Balaban J connectivity index is 1.43. The molecule has 1 aromatic heterocycles. The molecule has 0 bridgehead atoms. The highest BCUT2D eigenvalue weighted by Gasteiger charge is 2.14. The topological polar surface area (TPSA) is 88.5 Å². The molecule has 1 heterocycles. The lowest BCUT2D eigenvalue weighted by molar-refractivity contribution is 0.0695. The number of halogens is 1. The smallest absolute Gasteiger partial charge is 0.337 e. The van der Waals surface area contributed by atoms with Gasteiger partial charge in [-0.3, -0.25) is 9.78 Å².